The molecule has 19 heavy (non-hydrogen) atoms. The fraction of sp³-hybridized carbons (Fsp3) is 0.462. The van der Waals surface area contributed by atoms with Gasteiger partial charge in [-0.2, -0.15) is 0 Å². The number of carboxylic acids is 1. The number of unbranched alkanes of at least 4 members (excludes halogenated alkanes) is 2. The number of benzene rings is 1. The third-order valence-electron chi connectivity index (χ3n) is 2.65. The summed E-state index contributed by atoms with van der Waals surface area (Å²) in [5.74, 6) is -1.73. The molecule has 0 spiro atoms. The Labute approximate surface area is 120 Å². The third-order valence-corrected chi connectivity index (χ3v) is 3.43. The van der Waals surface area contributed by atoms with Crippen LogP contribution < -0.4 is 5.32 Å². The van der Waals surface area contributed by atoms with Crippen molar-refractivity contribution in [2.75, 3.05) is 25.6 Å². The molecule has 0 heterocycles. The number of hydrogen-bond acceptors (Lipinski definition) is 3. The molecule has 4 nitrogen and oxygen atoms in total. The number of anilines is 1. The smallest absolute Gasteiger partial charge is 0.336 e. The first-order chi connectivity index (χ1) is 9.07. The van der Waals surface area contributed by atoms with E-state index in [1.165, 1.54) is 12.1 Å². The van der Waals surface area contributed by atoms with Crippen LogP contribution in [0.1, 0.15) is 29.6 Å². The average Bonchev–Trinajstić information content (AvgIpc) is 2.38. The van der Waals surface area contributed by atoms with Gasteiger partial charge in [0.2, 0.25) is 0 Å². The molecule has 0 aliphatic carbocycles. The molecule has 0 saturated carbocycles. The van der Waals surface area contributed by atoms with E-state index in [0.717, 1.165) is 25.9 Å². The Morgan fingerprint density at radius 1 is 1.42 bits per heavy atom. The summed E-state index contributed by atoms with van der Waals surface area (Å²) in [6.07, 6.45) is 2.88. The number of ether oxygens (including phenoxy) is 1. The second-order valence-corrected chi connectivity index (χ2v) is 4.87. The van der Waals surface area contributed by atoms with Gasteiger partial charge in [-0.25, -0.2) is 9.18 Å². The average molecular weight is 334 g/mol. The highest BCUT2D eigenvalue weighted by molar-refractivity contribution is 9.10. The minimum Gasteiger partial charge on any atom is -0.478 e. The molecule has 1 aromatic rings. The lowest BCUT2D eigenvalue weighted by atomic mass is 10.2. The zero-order valence-corrected chi connectivity index (χ0v) is 12.3. The Hall–Kier alpha value is -1.14. The molecule has 0 unspecified atom stereocenters. The standard InChI is InChI=1S/C13H17BrFNO3/c1-19-8-4-2-3-7-16-10-6-5-9(13(17)18)11(14)12(10)15/h5-6,16H,2-4,7-8H2,1H3,(H,17,18). The number of halogens is 2. The summed E-state index contributed by atoms with van der Waals surface area (Å²) >= 11 is 2.96. The van der Waals surface area contributed by atoms with Gasteiger partial charge in [-0.1, -0.05) is 0 Å². The topological polar surface area (TPSA) is 58.6 Å². The van der Waals surface area contributed by atoms with Crippen LogP contribution in [-0.4, -0.2) is 31.3 Å². The summed E-state index contributed by atoms with van der Waals surface area (Å²) in [5.41, 5.74) is 0.228. The van der Waals surface area contributed by atoms with Crippen molar-refractivity contribution in [3.63, 3.8) is 0 Å². The first kappa shape index (κ1) is 15.9. The third kappa shape index (κ3) is 4.80. The van der Waals surface area contributed by atoms with E-state index in [2.05, 4.69) is 21.2 Å². The van der Waals surface area contributed by atoms with Gasteiger partial charge in [0.25, 0.3) is 0 Å². The molecule has 1 rings (SSSR count). The van der Waals surface area contributed by atoms with E-state index >= 15 is 0 Å². The van der Waals surface area contributed by atoms with Crippen molar-refractivity contribution in [3.05, 3.63) is 28.0 Å². The van der Waals surface area contributed by atoms with Gasteiger partial charge >= 0.3 is 5.97 Å². The van der Waals surface area contributed by atoms with Crippen LogP contribution in [0.15, 0.2) is 16.6 Å². The van der Waals surface area contributed by atoms with Crippen molar-refractivity contribution in [2.24, 2.45) is 0 Å². The summed E-state index contributed by atoms with van der Waals surface area (Å²) in [4.78, 5) is 10.8. The van der Waals surface area contributed by atoms with E-state index < -0.39 is 11.8 Å². The van der Waals surface area contributed by atoms with E-state index in [1.807, 2.05) is 0 Å². The molecule has 106 valence electrons. The second kappa shape index (κ2) is 8.12. The van der Waals surface area contributed by atoms with Crippen molar-refractivity contribution >= 4 is 27.6 Å². The Morgan fingerprint density at radius 2 is 2.16 bits per heavy atom. The zero-order chi connectivity index (χ0) is 14.3. The Kier molecular flexibility index (Phi) is 6.80. The number of methoxy groups -OCH3 is 1. The summed E-state index contributed by atoms with van der Waals surface area (Å²) in [6, 6.07) is 2.82. The molecular weight excluding hydrogens is 317 g/mol. The highest BCUT2D eigenvalue weighted by Crippen LogP contribution is 2.27. The quantitative estimate of drug-likeness (QED) is 0.714. The van der Waals surface area contributed by atoms with E-state index in [0.29, 0.717) is 12.2 Å². The molecule has 2 N–H and O–H groups in total. The minimum absolute atomic E-state index is 0.0237. The molecule has 0 radical (unpaired) electrons. The fourth-order valence-electron chi connectivity index (χ4n) is 1.62. The van der Waals surface area contributed by atoms with Crippen molar-refractivity contribution in [1.29, 1.82) is 0 Å². The summed E-state index contributed by atoms with van der Waals surface area (Å²) in [5, 5.41) is 11.8. The monoisotopic (exact) mass is 333 g/mol. The normalized spacial score (nSPS) is 10.5. The molecule has 0 amide bonds. The molecule has 1 aromatic carbocycles. The molecule has 6 heteroatoms. The van der Waals surface area contributed by atoms with Crippen LogP contribution in [0.2, 0.25) is 0 Å². The number of rotatable bonds is 8. The maximum absolute atomic E-state index is 13.9. The molecule has 0 bridgehead atoms. The highest BCUT2D eigenvalue weighted by atomic mass is 79.9. The van der Waals surface area contributed by atoms with Gasteiger partial charge in [0.15, 0.2) is 5.82 Å². The van der Waals surface area contributed by atoms with Crippen LogP contribution in [0.4, 0.5) is 10.1 Å². The number of carbonyl (C=O) groups is 1. The fourth-order valence-corrected chi connectivity index (χ4v) is 2.14. The Balaban J connectivity index is 2.51. The van der Waals surface area contributed by atoms with Crippen LogP contribution in [-0.2, 0) is 4.74 Å². The number of carboxylic acid groups (broad SMARTS) is 1. The van der Waals surface area contributed by atoms with Crippen molar-refractivity contribution in [3.8, 4) is 0 Å². The zero-order valence-electron chi connectivity index (χ0n) is 10.7. The van der Waals surface area contributed by atoms with Crippen LogP contribution in [0.25, 0.3) is 0 Å². The molecule has 0 aliphatic heterocycles. The summed E-state index contributed by atoms with van der Waals surface area (Å²) in [7, 11) is 1.66. The largest absolute Gasteiger partial charge is 0.478 e. The Morgan fingerprint density at radius 3 is 2.79 bits per heavy atom. The van der Waals surface area contributed by atoms with E-state index in [4.69, 9.17) is 9.84 Å². The van der Waals surface area contributed by atoms with Crippen molar-refractivity contribution < 1.29 is 19.0 Å². The van der Waals surface area contributed by atoms with Crippen LogP contribution in [0, 0.1) is 5.82 Å². The molecule has 0 saturated heterocycles. The predicted molar refractivity (Wildman–Crippen MR) is 75.3 cm³/mol. The van der Waals surface area contributed by atoms with Gasteiger partial charge in [-0.05, 0) is 47.3 Å². The van der Waals surface area contributed by atoms with Crippen LogP contribution >= 0.6 is 15.9 Å². The van der Waals surface area contributed by atoms with Gasteiger partial charge in [0.05, 0.1) is 15.7 Å². The maximum Gasteiger partial charge on any atom is 0.336 e. The van der Waals surface area contributed by atoms with E-state index in [1.54, 1.807) is 7.11 Å². The summed E-state index contributed by atoms with van der Waals surface area (Å²) < 4.78 is 18.8. The van der Waals surface area contributed by atoms with Gasteiger partial charge in [0.1, 0.15) is 0 Å². The van der Waals surface area contributed by atoms with Crippen LogP contribution in [0.5, 0.6) is 0 Å². The van der Waals surface area contributed by atoms with E-state index in [-0.39, 0.29) is 10.0 Å². The van der Waals surface area contributed by atoms with Gasteiger partial charge in [-0.3, -0.25) is 0 Å². The lowest BCUT2D eigenvalue weighted by Crippen LogP contribution is -2.06. The van der Waals surface area contributed by atoms with Crippen LogP contribution in [0.3, 0.4) is 0 Å². The lowest BCUT2D eigenvalue weighted by Gasteiger charge is -2.10. The molecule has 0 aromatic heterocycles. The van der Waals surface area contributed by atoms with Gasteiger partial charge < -0.3 is 15.2 Å². The number of aromatic carboxylic acids is 1. The molecule has 0 fully saturated rings. The first-order valence-corrected chi connectivity index (χ1v) is 6.81. The Bertz CT molecular complexity index is 440. The summed E-state index contributed by atoms with van der Waals surface area (Å²) in [6.45, 7) is 1.37. The number of nitrogens with one attached hydrogen (secondary N) is 1. The highest BCUT2D eigenvalue weighted by Gasteiger charge is 2.15. The maximum atomic E-state index is 13.9. The molecular formula is C13H17BrFNO3. The molecule has 0 atom stereocenters. The SMILES string of the molecule is COCCCCCNc1ccc(C(=O)O)c(Br)c1F. The van der Waals surface area contributed by atoms with Crippen molar-refractivity contribution in [1.82, 2.24) is 0 Å². The van der Waals surface area contributed by atoms with Gasteiger partial charge in [-0.15, -0.1) is 0 Å². The first-order valence-electron chi connectivity index (χ1n) is 6.02. The predicted octanol–water partition coefficient (Wildman–Crippen LogP) is 3.52. The van der Waals surface area contributed by atoms with Crippen molar-refractivity contribution in [2.45, 2.75) is 19.3 Å². The lowest BCUT2D eigenvalue weighted by molar-refractivity contribution is 0.0695. The molecule has 0 aliphatic rings. The second-order valence-electron chi connectivity index (χ2n) is 4.07. The van der Waals surface area contributed by atoms with Gasteiger partial charge in [0, 0.05) is 20.3 Å². The van der Waals surface area contributed by atoms with E-state index in [9.17, 15) is 9.18 Å². The minimum atomic E-state index is -1.16. The number of hydrogen-bond donors (Lipinski definition) is 2.